The van der Waals surface area contributed by atoms with E-state index in [1.165, 1.54) is 31.2 Å². The van der Waals surface area contributed by atoms with Gasteiger partial charge in [-0.05, 0) is 18.9 Å². The van der Waals surface area contributed by atoms with Crippen LogP contribution in [0.4, 0.5) is 0 Å². The Bertz CT molecular complexity index is 904. The molecule has 2 aromatic rings. The van der Waals surface area contributed by atoms with Gasteiger partial charge in [-0.15, -0.1) is 0 Å². The maximum absolute atomic E-state index is 12.6. The lowest BCUT2D eigenvalue weighted by Crippen LogP contribution is -2.40. The van der Waals surface area contributed by atoms with Crippen molar-refractivity contribution in [1.82, 2.24) is 20.2 Å². The highest BCUT2D eigenvalue weighted by Gasteiger charge is 2.23. The van der Waals surface area contributed by atoms with Crippen LogP contribution >= 0.6 is 0 Å². The second-order valence-corrected chi connectivity index (χ2v) is 6.02. The zero-order valence-electron chi connectivity index (χ0n) is 14.6. The Kier molecular flexibility index (Phi) is 5.06. The molecule has 1 aliphatic carbocycles. The van der Waals surface area contributed by atoms with Crippen LogP contribution in [0.1, 0.15) is 12.8 Å². The van der Waals surface area contributed by atoms with Crippen LogP contribution in [0.15, 0.2) is 23.3 Å². The first-order valence-electron chi connectivity index (χ1n) is 8.19. The smallest absolute Gasteiger partial charge is 0.261 e. The van der Waals surface area contributed by atoms with Crippen molar-refractivity contribution in [1.29, 1.82) is 0 Å². The fourth-order valence-electron chi connectivity index (χ4n) is 2.49. The topological polar surface area (TPSA) is 112 Å². The first-order valence-corrected chi connectivity index (χ1v) is 8.19. The van der Waals surface area contributed by atoms with Crippen LogP contribution in [0.25, 0.3) is 10.9 Å². The molecule has 0 aliphatic heterocycles. The second kappa shape index (κ2) is 7.42. The molecule has 0 radical (unpaired) electrons. The summed E-state index contributed by atoms with van der Waals surface area (Å²) < 4.78 is 11.6. The van der Waals surface area contributed by atoms with Gasteiger partial charge in [0.05, 0.1) is 38.0 Å². The summed E-state index contributed by atoms with van der Waals surface area (Å²) in [5.41, 5.74) is 0.0571. The highest BCUT2D eigenvalue weighted by molar-refractivity contribution is 5.85. The first kappa shape index (κ1) is 17.7. The quantitative estimate of drug-likeness (QED) is 0.708. The summed E-state index contributed by atoms with van der Waals surface area (Å²) in [5, 5.41) is 5.58. The highest BCUT2D eigenvalue weighted by atomic mass is 16.5. The van der Waals surface area contributed by atoms with Crippen LogP contribution < -0.4 is 25.7 Å². The van der Waals surface area contributed by atoms with E-state index >= 15 is 0 Å². The Labute approximate surface area is 149 Å². The van der Waals surface area contributed by atoms with Crippen molar-refractivity contribution < 1.29 is 19.1 Å². The third-order valence-corrected chi connectivity index (χ3v) is 4.03. The molecular weight excluding hydrogens is 340 g/mol. The van der Waals surface area contributed by atoms with Crippen molar-refractivity contribution in [2.45, 2.75) is 25.4 Å². The van der Waals surface area contributed by atoms with Crippen LogP contribution in [0.2, 0.25) is 0 Å². The van der Waals surface area contributed by atoms with Crippen LogP contribution in [0.5, 0.6) is 11.5 Å². The first-order chi connectivity index (χ1) is 12.5. The van der Waals surface area contributed by atoms with Gasteiger partial charge in [0.25, 0.3) is 5.56 Å². The number of benzene rings is 1. The van der Waals surface area contributed by atoms with Gasteiger partial charge in [0.2, 0.25) is 11.8 Å². The SMILES string of the molecule is COc1cc2ncn(CC(=O)NCC(=O)NC3CC3)c(=O)c2cc1OC. The summed E-state index contributed by atoms with van der Waals surface area (Å²) in [6, 6.07) is 3.36. The number of carbonyl (C=O) groups excluding carboxylic acids is 2. The predicted molar refractivity (Wildman–Crippen MR) is 93.3 cm³/mol. The second-order valence-electron chi connectivity index (χ2n) is 6.02. The molecule has 138 valence electrons. The van der Waals surface area contributed by atoms with E-state index < -0.39 is 5.91 Å². The number of ether oxygens (including phenoxy) is 2. The minimum atomic E-state index is -0.445. The number of fused-ring (bicyclic) bond motifs is 1. The predicted octanol–water partition coefficient (Wildman–Crippen LogP) is -0.191. The molecule has 1 saturated carbocycles. The number of hydrogen-bond acceptors (Lipinski definition) is 6. The third-order valence-electron chi connectivity index (χ3n) is 4.03. The number of nitrogens with one attached hydrogen (secondary N) is 2. The summed E-state index contributed by atoms with van der Waals surface area (Å²) in [6.45, 7) is -0.344. The zero-order valence-corrected chi connectivity index (χ0v) is 14.6. The molecule has 26 heavy (non-hydrogen) atoms. The van der Waals surface area contributed by atoms with E-state index in [4.69, 9.17) is 9.47 Å². The molecule has 2 N–H and O–H groups in total. The largest absolute Gasteiger partial charge is 0.493 e. The van der Waals surface area contributed by atoms with Gasteiger partial charge in [0.1, 0.15) is 6.54 Å². The lowest BCUT2D eigenvalue weighted by molar-refractivity contribution is -0.126. The summed E-state index contributed by atoms with van der Waals surface area (Å²) in [4.78, 5) is 40.4. The van der Waals surface area contributed by atoms with Gasteiger partial charge in [-0.3, -0.25) is 19.0 Å². The van der Waals surface area contributed by atoms with E-state index in [0.717, 1.165) is 12.8 Å². The number of carbonyl (C=O) groups is 2. The van der Waals surface area contributed by atoms with Crippen LogP contribution in [0, 0.1) is 0 Å². The molecule has 1 fully saturated rings. The molecular formula is C17H20N4O5. The van der Waals surface area contributed by atoms with E-state index in [1.54, 1.807) is 6.07 Å². The molecule has 3 rings (SSSR count). The van der Waals surface area contributed by atoms with Crippen LogP contribution in [-0.4, -0.2) is 48.2 Å². The van der Waals surface area contributed by atoms with Gasteiger partial charge < -0.3 is 20.1 Å². The van der Waals surface area contributed by atoms with E-state index in [2.05, 4.69) is 15.6 Å². The Balaban J connectivity index is 1.73. The van der Waals surface area contributed by atoms with Gasteiger partial charge in [0.15, 0.2) is 11.5 Å². The maximum atomic E-state index is 12.6. The molecule has 0 saturated heterocycles. The average molecular weight is 360 g/mol. The molecule has 2 amide bonds. The van der Waals surface area contributed by atoms with Gasteiger partial charge in [-0.1, -0.05) is 0 Å². The zero-order chi connectivity index (χ0) is 18.7. The lowest BCUT2D eigenvalue weighted by Gasteiger charge is -2.11. The standard InChI is InChI=1S/C17H20N4O5/c1-25-13-5-11-12(6-14(13)26-2)19-9-21(17(11)24)8-16(23)18-7-15(22)20-10-3-4-10/h5-6,9-10H,3-4,7-8H2,1-2H3,(H,18,23)(H,20,22). The van der Waals surface area contributed by atoms with E-state index in [1.807, 2.05) is 0 Å². The van der Waals surface area contributed by atoms with E-state index in [0.29, 0.717) is 22.4 Å². The number of rotatable bonds is 7. The molecule has 1 aliphatic rings. The Morgan fingerprint density at radius 1 is 1.19 bits per heavy atom. The van der Waals surface area contributed by atoms with Gasteiger partial charge in [-0.2, -0.15) is 0 Å². The number of hydrogen-bond donors (Lipinski definition) is 2. The van der Waals surface area contributed by atoms with Crippen molar-refractivity contribution >= 4 is 22.7 Å². The Morgan fingerprint density at radius 2 is 1.88 bits per heavy atom. The summed E-state index contributed by atoms with van der Waals surface area (Å²) >= 11 is 0. The molecule has 9 nitrogen and oxygen atoms in total. The molecule has 1 aromatic carbocycles. The molecule has 0 unspecified atom stereocenters. The third kappa shape index (κ3) is 3.93. The fourth-order valence-corrected chi connectivity index (χ4v) is 2.49. The van der Waals surface area contributed by atoms with E-state index in [-0.39, 0.29) is 30.6 Å². The van der Waals surface area contributed by atoms with Crippen molar-refractivity contribution in [3.05, 3.63) is 28.8 Å². The summed E-state index contributed by atoms with van der Waals surface area (Å²) in [5.74, 6) is 0.184. The molecule has 0 bridgehead atoms. The van der Waals surface area contributed by atoms with Crippen LogP contribution in [0.3, 0.4) is 0 Å². The van der Waals surface area contributed by atoms with Crippen molar-refractivity contribution in [2.24, 2.45) is 0 Å². The van der Waals surface area contributed by atoms with Gasteiger partial charge in [0, 0.05) is 12.1 Å². The highest BCUT2D eigenvalue weighted by Crippen LogP contribution is 2.29. The monoisotopic (exact) mass is 360 g/mol. The minimum absolute atomic E-state index is 0.115. The number of aromatic nitrogens is 2. The van der Waals surface area contributed by atoms with E-state index in [9.17, 15) is 14.4 Å². The number of amides is 2. The molecule has 1 heterocycles. The molecule has 9 heteroatoms. The molecule has 0 spiro atoms. The lowest BCUT2D eigenvalue weighted by atomic mass is 10.2. The van der Waals surface area contributed by atoms with Crippen LogP contribution in [-0.2, 0) is 16.1 Å². The van der Waals surface area contributed by atoms with Gasteiger partial charge in [-0.25, -0.2) is 4.98 Å². The summed E-state index contributed by atoms with van der Waals surface area (Å²) in [7, 11) is 2.97. The van der Waals surface area contributed by atoms with Crippen molar-refractivity contribution in [2.75, 3.05) is 20.8 Å². The normalized spacial score (nSPS) is 13.3. The number of methoxy groups -OCH3 is 2. The average Bonchev–Trinajstić information content (AvgIpc) is 3.45. The minimum Gasteiger partial charge on any atom is -0.493 e. The van der Waals surface area contributed by atoms with Gasteiger partial charge >= 0.3 is 0 Å². The fraction of sp³-hybridized carbons (Fsp3) is 0.412. The maximum Gasteiger partial charge on any atom is 0.261 e. The number of nitrogens with zero attached hydrogens (tertiary/aromatic N) is 2. The van der Waals surface area contributed by atoms with Crippen molar-refractivity contribution in [3.8, 4) is 11.5 Å². The Morgan fingerprint density at radius 3 is 2.54 bits per heavy atom. The van der Waals surface area contributed by atoms with Crippen molar-refractivity contribution in [3.63, 3.8) is 0 Å². The molecule has 0 atom stereocenters. The molecule has 1 aromatic heterocycles. The Hall–Kier alpha value is -3.10. The summed E-state index contributed by atoms with van der Waals surface area (Å²) in [6.07, 6.45) is 3.25.